The van der Waals surface area contributed by atoms with Crippen molar-refractivity contribution < 1.29 is 22.4 Å². The lowest BCUT2D eigenvalue weighted by Gasteiger charge is -2.29. The summed E-state index contributed by atoms with van der Waals surface area (Å²) in [5.41, 5.74) is 0.871. The molecule has 3 heterocycles. The molecular formula is C23H23F4N5OS. The molecule has 0 saturated heterocycles. The molecule has 0 spiro atoms. The molecule has 2 aromatic heterocycles. The molecule has 180 valence electrons. The number of pyridine rings is 1. The smallest absolute Gasteiger partial charge is 0.348 e. The first-order valence-electron chi connectivity index (χ1n) is 10.7. The van der Waals surface area contributed by atoms with E-state index in [2.05, 4.69) is 15.3 Å². The van der Waals surface area contributed by atoms with Crippen LogP contribution in [0, 0.1) is 12.7 Å². The van der Waals surface area contributed by atoms with E-state index in [-0.39, 0.29) is 24.8 Å². The Balaban J connectivity index is 1.56. The number of carbonyl (C=O) groups is 1. The molecule has 0 saturated carbocycles. The van der Waals surface area contributed by atoms with E-state index in [0.717, 1.165) is 6.20 Å². The predicted molar refractivity (Wildman–Crippen MR) is 121 cm³/mol. The zero-order valence-electron chi connectivity index (χ0n) is 18.6. The number of nitrogens with zero attached hydrogens (tertiary/aromatic N) is 4. The van der Waals surface area contributed by atoms with Crippen LogP contribution in [0.5, 0.6) is 0 Å². The van der Waals surface area contributed by atoms with E-state index in [0.29, 0.717) is 52.2 Å². The second-order valence-corrected chi connectivity index (χ2v) is 9.13. The lowest BCUT2D eigenvalue weighted by molar-refractivity contribution is -0.141. The van der Waals surface area contributed by atoms with Crippen LogP contribution in [0.2, 0.25) is 0 Å². The Kier molecular flexibility index (Phi) is 6.83. The van der Waals surface area contributed by atoms with E-state index in [1.54, 1.807) is 25.1 Å². The van der Waals surface area contributed by atoms with Gasteiger partial charge in [-0.25, -0.2) is 14.4 Å². The normalized spacial score (nSPS) is 13.6. The Hall–Kier alpha value is -3.08. The summed E-state index contributed by atoms with van der Waals surface area (Å²) >= 11 is 1.41. The molecule has 1 aliphatic rings. The molecule has 0 radical (unpaired) electrons. The molecule has 1 aromatic carbocycles. The summed E-state index contributed by atoms with van der Waals surface area (Å²) < 4.78 is 54.0. The summed E-state index contributed by atoms with van der Waals surface area (Å²) in [7, 11) is 0. The molecular weight excluding hydrogens is 470 g/mol. The number of benzene rings is 1. The van der Waals surface area contributed by atoms with Crippen LogP contribution in [0.15, 0.2) is 41.6 Å². The number of carbonyl (C=O) groups excluding carboxylic acids is 1. The fourth-order valence-corrected chi connectivity index (χ4v) is 4.64. The molecule has 4 rings (SSSR count). The molecule has 3 aromatic rings. The molecule has 1 amide bonds. The summed E-state index contributed by atoms with van der Waals surface area (Å²) in [6.07, 6.45) is -3.45. The molecule has 0 bridgehead atoms. The number of hydrogen-bond donors (Lipinski definition) is 1. The van der Waals surface area contributed by atoms with Gasteiger partial charge < -0.3 is 14.8 Å². The van der Waals surface area contributed by atoms with Crippen LogP contribution >= 0.6 is 11.8 Å². The molecule has 0 atom stereocenters. The summed E-state index contributed by atoms with van der Waals surface area (Å²) in [4.78, 5) is 23.3. The van der Waals surface area contributed by atoms with Gasteiger partial charge in [0, 0.05) is 25.8 Å². The monoisotopic (exact) mass is 493 g/mol. The number of aromatic nitrogens is 3. The number of imidazole rings is 1. The highest BCUT2D eigenvalue weighted by atomic mass is 32.2. The number of aryl methyl sites for hydroxylation is 1. The Morgan fingerprint density at radius 3 is 2.71 bits per heavy atom. The average Bonchev–Trinajstić information content (AvgIpc) is 3.22. The molecule has 1 N–H and O–H groups in total. The van der Waals surface area contributed by atoms with Crippen LogP contribution in [-0.2, 0) is 25.8 Å². The van der Waals surface area contributed by atoms with Gasteiger partial charge in [-0.2, -0.15) is 13.2 Å². The maximum atomic E-state index is 13.4. The van der Waals surface area contributed by atoms with Gasteiger partial charge in [0.1, 0.15) is 22.5 Å². The number of hydrogen-bond acceptors (Lipinski definition) is 5. The topological polar surface area (TPSA) is 63.1 Å². The fourth-order valence-electron chi connectivity index (χ4n) is 3.81. The van der Waals surface area contributed by atoms with Crippen LogP contribution in [0.4, 0.5) is 23.4 Å². The van der Waals surface area contributed by atoms with Gasteiger partial charge in [-0.15, -0.1) is 11.8 Å². The summed E-state index contributed by atoms with van der Waals surface area (Å²) in [6, 6.07) is 7.77. The minimum atomic E-state index is -4.49. The summed E-state index contributed by atoms with van der Waals surface area (Å²) in [6.45, 7) is 4.92. The summed E-state index contributed by atoms with van der Waals surface area (Å²) in [5.74, 6) is 0.887. The third kappa shape index (κ3) is 5.19. The van der Waals surface area contributed by atoms with Crippen molar-refractivity contribution in [2.75, 3.05) is 17.2 Å². The van der Waals surface area contributed by atoms with Crippen molar-refractivity contribution in [3.63, 3.8) is 0 Å². The van der Waals surface area contributed by atoms with Gasteiger partial charge in [-0.1, -0.05) is 19.1 Å². The standard InChI is InChI=1S/C23H23F4N5OS/c1-3-34-22-20(21(33)28-11-15-5-4-6-16(24)10-15)14(2)9-18(30-22)32-8-7-31-12-17(23(25,26)27)29-19(31)13-32/h4-6,9-10,12H,3,7-8,11,13H2,1-2H3,(H,28,33). The first-order chi connectivity index (χ1) is 16.2. The third-order valence-corrected chi connectivity index (χ3v) is 6.29. The Labute approximate surface area is 198 Å². The number of anilines is 1. The highest BCUT2D eigenvalue weighted by Gasteiger charge is 2.36. The quantitative estimate of drug-likeness (QED) is 0.395. The van der Waals surface area contributed by atoms with Crippen molar-refractivity contribution in [2.24, 2.45) is 0 Å². The Morgan fingerprint density at radius 1 is 1.21 bits per heavy atom. The van der Waals surface area contributed by atoms with Gasteiger partial charge >= 0.3 is 6.18 Å². The number of nitrogens with one attached hydrogen (secondary N) is 1. The lowest BCUT2D eigenvalue weighted by atomic mass is 10.1. The van der Waals surface area contributed by atoms with E-state index < -0.39 is 11.9 Å². The SMILES string of the molecule is CCSc1nc(N2CCn3cc(C(F)(F)F)nc3C2)cc(C)c1C(=O)NCc1cccc(F)c1. The number of fused-ring (bicyclic) bond motifs is 1. The maximum absolute atomic E-state index is 13.4. The van der Waals surface area contributed by atoms with E-state index in [9.17, 15) is 22.4 Å². The predicted octanol–water partition coefficient (Wildman–Crippen LogP) is 4.81. The zero-order chi connectivity index (χ0) is 24.5. The van der Waals surface area contributed by atoms with E-state index in [1.165, 1.54) is 28.5 Å². The van der Waals surface area contributed by atoms with E-state index in [4.69, 9.17) is 0 Å². The van der Waals surface area contributed by atoms with Gasteiger partial charge in [0.15, 0.2) is 5.69 Å². The van der Waals surface area contributed by atoms with Crippen molar-refractivity contribution in [2.45, 2.75) is 44.7 Å². The minimum absolute atomic E-state index is 0.171. The van der Waals surface area contributed by atoms with Crippen molar-refractivity contribution in [1.29, 1.82) is 0 Å². The number of halogens is 4. The van der Waals surface area contributed by atoms with Gasteiger partial charge in [0.2, 0.25) is 0 Å². The molecule has 1 aliphatic heterocycles. The maximum Gasteiger partial charge on any atom is 0.434 e. The van der Waals surface area contributed by atoms with Gasteiger partial charge in [0.05, 0.1) is 12.1 Å². The Bertz CT molecular complexity index is 1210. The molecule has 0 fully saturated rings. The average molecular weight is 494 g/mol. The molecule has 11 heteroatoms. The van der Waals surface area contributed by atoms with Crippen LogP contribution in [0.25, 0.3) is 0 Å². The van der Waals surface area contributed by atoms with Crippen LogP contribution in [-0.4, -0.2) is 32.7 Å². The van der Waals surface area contributed by atoms with E-state index >= 15 is 0 Å². The first-order valence-corrected chi connectivity index (χ1v) is 11.7. The zero-order valence-corrected chi connectivity index (χ0v) is 19.4. The van der Waals surface area contributed by atoms with Crippen molar-refractivity contribution in [3.05, 3.63) is 70.6 Å². The summed E-state index contributed by atoms with van der Waals surface area (Å²) in [5, 5.41) is 3.36. The highest BCUT2D eigenvalue weighted by molar-refractivity contribution is 7.99. The van der Waals surface area contributed by atoms with E-state index in [1.807, 2.05) is 11.8 Å². The fraction of sp³-hybridized carbons (Fsp3) is 0.348. The second kappa shape index (κ2) is 9.65. The third-order valence-electron chi connectivity index (χ3n) is 5.44. The van der Waals surface area contributed by atoms with Crippen LogP contribution in [0.3, 0.4) is 0 Å². The van der Waals surface area contributed by atoms with Crippen LogP contribution in [0.1, 0.15) is 39.9 Å². The lowest BCUT2D eigenvalue weighted by Crippen LogP contribution is -2.34. The van der Waals surface area contributed by atoms with Crippen molar-refractivity contribution in [1.82, 2.24) is 19.9 Å². The molecule has 34 heavy (non-hydrogen) atoms. The first kappa shape index (κ1) is 24.1. The number of rotatable bonds is 6. The number of amides is 1. The highest BCUT2D eigenvalue weighted by Crippen LogP contribution is 2.32. The molecule has 0 unspecified atom stereocenters. The molecule has 0 aliphatic carbocycles. The van der Waals surface area contributed by atoms with Gasteiger partial charge in [-0.05, 0) is 42.0 Å². The van der Waals surface area contributed by atoms with Crippen LogP contribution < -0.4 is 10.2 Å². The minimum Gasteiger partial charge on any atom is -0.348 e. The number of alkyl halides is 3. The van der Waals surface area contributed by atoms with Gasteiger partial charge in [-0.3, -0.25) is 4.79 Å². The van der Waals surface area contributed by atoms with Crippen molar-refractivity contribution in [3.8, 4) is 0 Å². The Morgan fingerprint density at radius 2 is 2.00 bits per heavy atom. The largest absolute Gasteiger partial charge is 0.434 e. The second-order valence-electron chi connectivity index (χ2n) is 7.88. The number of thioether (sulfide) groups is 1. The van der Waals surface area contributed by atoms with Crippen molar-refractivity contribution >= 4 is 23.5 Å². The molecule has 6 nitrogen and oxygen atoms in total. The van der Waals surface area contributed by atoms with Gasteiger partial charge in [0.25, 0.3) is 5.91 Å².